The monoisotopic (exact) mass is 265 g/mol. The molecule has 2 rings (SSSR count). The molecule has 0 bridgehead atoms. The van der Waals surface area contributed by atoms with E-state index < -0.39 is 0 Å². The molecule has 0 unspecified atom stereocenters. The van der Waals surface area contributed by atoms with Crippen LogP contribution in [0.4, 0.5) is 0 Å². The zero-order valence-corrected chi connectivity index (χ0v) is 11.7. The Morgan fingerprint density at radius 2 is 2.17 bits per heavy atom. The van der Waals surface area contributed by atoms with Gasteiger partial charge in [-0.05, 0) is 14.0 Å². The Balaban J connectivity index is 1.88. The van der Waals surface area contributed by atoms with Gasteiger partial charge in [-0.1, -0.05) is 0 Å². The largest absolute Gasteiger partial charge is 0.336 e. The SMILES string of the molecule is Cc1nc(CN(C)Cc2cn(CCN)cn2)cs1. The predicted molar refractivity (Wildman–Crippen MR) is 73.3 cm³/mol. The maximum atomic E-state index is 5.51. The van der Waals surface area contributed by atoms with E-state index in [0.717, 1.165) is 36.0 Å². The molecule has 0 fully saturated rings. The quantitative estimate of drug-likeness (QED) is 0.853. The summed E-state index contributed by atoms with van der Waals surface area (Å²) < 4.78 is 2.02. The van der Waals surface area contributed by atoms with Crippen LogP contribution in [0.25, 0.3) is 0 Å². The molecule has 5 nitrogen and oxygen atoms in total. The number of hydrogen-bond donors (Lipinski definition) is 1. The van der Waals surface area contributed by atoms with Crippen molar-refractivity contribution in [3.8, 4) is 0 Å². The van der Waals surface area contributed by atoms with E-state index in [-0.39, 0.29) is 0 Å². The van der Waals surface area contributed by atoms with Crippen molar-refractivity contribution < 1.29 is 0 Å². The first kappa shape index (κ1) is 13.2. The summed E-state index contributed by atoms with van der Waals surface area (Å²) in [7, 11) is 2.08. The average molecular weight is 265 g/mol. The van der Waals surface area contributed by atoms with Gasteiger partial charge < -0.3 is 10.3 Å². The Bertz CT molecular complexity index is 490. The highest BCUT2D eigenvalue weighted by atomic mass is 32.1. The molecule has 0 saturated heterocycles. The highest BCUT2D eigenvalue weighted by molar-refractivity contribution is 7.09. The molecule has 0 saturated carbocycles. The van der Waals surface area contributed by atoms with Crippen LogP contribution in [0.5, 0.6) is 0 Å². The van der Waals surface area contributed by atoms with Gasteiger partial charge in [0.05, 0.1) is 22.7 Å². The third-order valence-electron chi connectivity index (χ3n) is 2.60. The van der Waals surface area contributed by atoms with Crippen molar-refractivity contribution in [1.82, 2.24) is 19.4 Å². The molecule has 0 radical (unpaired) electrons. The Labute approximate surface area is 111 Å². The number of thiazole rings is 1. The van der Waals surface area contributed by atoms with Crippen LogP contribution >= 0.6 is 11.3 Å². The van der Waals surface area contributed by atoms with Gasteiger partial charge in [0.1, 0.15) is 0 Å². The summed E-state index contributed by atoms with van der Waals surface area (Å²) in [6.07, 6.45) is 3.89. The van der Waals surface area contributed by atoms with Crippen LogP contribution in [0.3, 0.4) is 0 Å². The predicted octanol–water partition coefficient (Wildman–Crippen LogP) is 1.24. The molecule has 0 aliphatic rings. The summed E-state index contributed by atoms with van der Waals surface area (Å²) in [5, 5.41) is 3.23. The van der Waals surface area contributed by atoms with Crippen LogP contribution in [0, 0.1) is 6.92 Å². The lowest BCUT2D eigenvalue weighted by Crippen LogP contribution is -2.17. The highest BCUT2D eigenvalue weighted by Gasteiger charge is 2.06. The van der Waals surface area contributed by atoms with Crippen molar-refractivity contribution in [3.63, 3.8) is 0 Å². The van der Waals surface area contributed by atoms with Crippen LogP contribution in [0.2, 0.25) is 0 Å². The molecule has 0 aromatic carbocycles. The lowest BCUT2D eigenvalue weighted by atomic mass is 10.4. The third-order valence-corrected chi connectivity index (χ3v) is 3.43. The minimum absolute atomic E-state index is 0.643. The van der Waals surface area contributed by atoms with Gasteiger partial charge in [-0.3, -0.25) is 4.90 Å². The summed E-state index contributed by atoms with van der Waals surface area (Å²) in [6.45, 7) is 5.18. The molecule has 0 atom stereocenters. The third kappa shape index (κ3) is 3.63. The standard InChI is InChI=1S/C12H19N5S/c1-10-15-12(8-18-10)6-16(2)5-11-7-17(4-3-13)9-14-11/h7-9H,3-6,13H2,1-2H3. The van der Waals surface area contributed by atoms with Crippen molar-refractivity contribution in [2.24, 2.45) is 5.73 Å². The lowest BCUT2D eigenvalue weighted by molar-refractivity contribution is 0.312. The van der Waals surface area contributed by atoms with Gasteiger partial charge in [-0.25, -0.2) is 9.97 Å². The number of hydrogen-bond acceptors (Lipinski definition) is 5. The minimum atomic E-state index is 0.643. The van der Waals surface area contributed by atoms with E-state index >= 15 is 0 Å². The molecular weight excluding hydrogens is 246 g/mol. The summed E-state index contributed by atoms with van der Waals surface area (Å²) in [4.78, 5) is 11.0. The number of nitrogens with two attached hydrogens (primary N) is 1. The van der Waals surface area contributed by atoms with E-state index in [1.54, 1.807) is 11.3 Å². The molecule has 0 amide bonds. The van der Waals surface area contributed by atoms with Crippen LogP contribution < -0.4 is 5.73 Å². The fraction of sp³-hybridized carbons (Fsp3) is 0.500. The zero-order chi connectivity index (χ0) is 13.0. The van der Waals surface area contributed by atoms with E-state index in [0.29, 0.717) is 6.54 Å². The Kier molecular flexibility index (Phi) is 4.46. The minimum Gasteiger partial charge on any atom is -0.336 e. The van der Waals surface area contributed by atoms with E-state index in [1.807, 2.05) is 17.8 Å². The molecule has 0 spiro atoms. The van der Waals surface area contributed by atoms with Crippen LogP contribution in [0.15, 0.2) is 17.9 Å². The summed E-state index contributed by atoms with van der Waals surface area (Å²) in [5.74, 6) is 0. The fourth-order valence-corrected chi connectivity index (χ4v) is 2.45. The normalized spacial score (nSPS) is 11.3. The van der Waals surface area contributed by atoms with Crippen LogP contribution in [-0.4, -0.2) is 33.0 Å². The Hall–Kier alpha value is -1.24. The van der Waals surface area contributed by atoms with Crippen LogP contribution in [-0.2, 0) is 19.6 Å². The molecule has 2 N–H and O–H groups in total. The Morgan fingerprint density at radius 3 is 2.83 bits per heavy atom. The Morgan fingerprint density at radius 1 is 1.39 bits per heavy atom. The molecule has 2 aromatic rings. The molecule has 2 aromatic heterocycles. The second-order valence-corrected chi connectivity index (χ2v) is 5.48. The van der Waals surface area contributed by atoms with Crippen molar-refractivity contribution in [2.45, 2.75) is 26.6 Å². The number of aryl methyl sites for hydroxylation is 1. The van der Waals surface area contributed by atoms with Gasteiger partial charge in [0.15, 0.2) is 0 Å². The maximum Gasteiger partial charge on any atom is 0.0950 e. The van der Waals surface area contributed by atoms with Gasteiger partial charge in [0.2, 0.25) is 0 Å². The van der Waals surface area contributed by atoms with E-state index in [1.165, 1.54) is 0 Å². The van der Waals surface area contributed by atoms with Gasteiger partial charge in [0.25, 0.3) is 0 Å². The number of rotatable bonds is 6. The fourth-order valence-electron chi connectivity index (χ4n) is 1.85. The highest BCUT2D eigenvalue weighted by Crippen LogP contribution is 2.11. The first-order valence-electron chi connectivity index (χ1n) is 5.97. The van der Waals surface area contributed by atoms with E-state index in [2.05, 4.69) is 33.5 Å². The van der Waals surface area contributed by atoms with Crippen LogP contribution in [0.1, 0.15) is 16.4 Å². The summed E-state index contributed by atoms with van der Waals surface area (Å²) >= 11 is 1.69. The summed E-state index contributed by atoms with van der Waals surface area (Å²) in [5.41, 5.74) is 7.70. The topological polar surface area (TPSA) is 60.0 Å². The van der Waals surface area contributed by atoms with Crippen molar-refractivity contribution in [1.29, 1.82) is 0 Å². The number of aromatic nitrogens is 3. The van der Waals surface area contributed by atoms with Crippen molar-refractivity contribution in [3.05, 3.63) is 34.3 Å². The van der Waals surface area contributed by atoms with Crippen molar-refractivity contribution in [2.75, 3.05) is 13.6 Å². The van der Waals surface area contributed by atoms with Gasteiger partial charge in [0, 0.05) is 37.8 Å². The second kappa shape index (κ2) is 6.08. The lowest BCUT2D eigenvalue weighted by Gasteiger charge is -2.13. The van der Waals surface area contributed by atoms with E-state index in [9.17, 15) is 0 Å². The van der Waals surface area contributed by atoms with Gasteiger partial charge >= 0.3 is 0 Å². The molecule has 2 heterocycles. The maximum absolute atomic E-state index is 5.51. The summed E-state index contributed by atoms with van der Waals surface area (Å²) in [6, 6.07) is 0. The number of imidazole rings is 1. The van der Waals surface area contributed by atoms with Gasteiger partial charge in [-0.15, -0.1) is 11.3 Å². The smallest absolute Gasteiger partial charge is 0.0950 e. The molecule has 18 heavy (non-hydrogen) atoms. The second-order valence-electron chi connectivity index (χ2n) is 4.42. The first-order chi connectivity index (χ1) is 8.67. The molecule has 98 valence electrons. The number of nitrogens with zero attached hydrogens (tertiary/aromatic N) is 4. The van der Waals surface area contributed by atoms with Crippen molar-refractivity contribution >= 4 is 11.3 Å². The van der Waals surface area contributed by atoms with E-state index in [4.69, 9.17) is 5.73 Å². The molecule has 6 heteroatoms. The molecule has 0 aliphatic heterocycles. The molecule has 0 aliphatic carbocycles. The molecular formula is C12H19N5S. The van der Waals surface area contributed by atoms with Gasteiger partial charge in [-0.2, -0.15) is 0 Å². The zero-order valence-electron chi connectivity index (χ0n) is 10.8. The average Bonchev–Trinajstić information content (AvgIpc) is 2.89. The first-order valence-corrected chi connectivity index (χ1v) is 6.85.